The van der Waals surface area contributed by atoms with E-state index in [0.717, 1.165) is 24.3 Å². The highest BCUT2D eigenvalue weighted by Gasteiger charge is 2.54. The van der Waals surface area contributed by atoms with Crippen molar-refractivity contribution in [3.8, 4) is 0 Å². The van der Waals surface area contributed by atoms with E-state index in [2.05, 4.69) is 4.72 Å². The maximum Gasteiger partial charge on any atom is 0.332 e. The highest BCUT2D eigenvalue weighted by Crippen LogP contribution is 2.43. The van der Waals surface area contributed by atoms with Crippen LogP contribution in [0.2, 0.25) is 5.02 Å². The van der Waals surface area contributed by atoms with Crippen LogP contribution < -0.4 is 4.72 Å². The van der Waals surface area contributed by atoms with Crippen molar-refractivity contribution in [3.63, 3.8) is 0 Å². The Hall–Kier alpha value is -1.76. The molecule has 1 unspecified atom stereocenters. The molecule has 33 heavy (non-hydrogen) atoms. The molecule has 0 amide bonds. The van der Waals surface area contributed by atoms with Crippen LogP contribution in [-0.4, -0.2) is 65.2 Å². The lowest BCUT2D eigenvalue weighted by atomic mass is 9.94. The normalized spacial score (nSPS) is 29.5. The summed E-state index contributed by atoms with van der Waals surface area (Å²) in [5.74, 6) is -3.75. The highest BCUT2D eigenvalue weighted by atomic mass is 35.5. The molecular formula is C21H27ClFNO8S. The van der Waals surface area contributed by atoms with E-state index in [0.29, 0.717) is 12.8 Å². The molecule has 1 heterocycles. The molecule has 184 valence electrons. The molecule has 0 aromatic heterocycles. The average molecular weight is 508 g/mol. The van der Waals surface area contributed by atoms with Crippen LogP contribution in [0.15, 0.2) is 29.8 Å². The summed E-state index contributed by atoms with van der Waals surface area (Å²) >= 11 is 5.91. The van der Waals surface area contributed by atoms with Gasteiger partial charge in [0.1, 0.15) is 23.3 Å². The minimum Gasteiger partial charge on any atom is -0.478 e. The monoisotopic (exact) mass is 507 g/mol. The average Bonchev–Trinajstić information content (AvgIpc) is 3.13. The lowest BCUT2D eigenvalue weighted by Crippen LogP contribution is -2.42. The Morgan fingerprint density at radius 2 is 1.82 bits per heavy atom. The molecule has 1 spiro atoms. The first-order chi connectivity index (χ1) is 15.4. The van der Waals surface area contributed by atoms with Crippen LogP contribution in [0.4, 0.5) is 10.1 Å². The third kappa shape index (κ3) is 5.33. The van der Waals surface area contributed by atoms with E-state index in [1.807, 2.05) is 0 Å². The van der Waals surface area contributed by atoms with Gasteiger partial charge in [-0.3, -0.25) is 4.72 Å². The number of aliphatic hydroxyl groups is 2. The lowest BCUT2D eigenvalue weighted by molar-refractivity contribution is -0.161. The zero-order valence-electron chi connectivity index (χ0n) is 18.1. The van der Waals surface area contributed by atoms with Gasteiger partial charge in [-0.25, -0.2) is 17.6 Å². The molecule has 1 fully saturated rings. The Morgan fingerprint density at radius 3 is 2.30 bits per heavy atom. The summed E-state index contributed by atoms with van der Waals surface area (Å²) in [7, 11) is -4.30. The molecule has 0 saturated carbocycles. The molecule has 1 aliphatic carbocycles. The van der Waals surface area contributed by atoms with Gasteiger partial charge in [0.2, 0.25) is 10.0 Å². The van der Waals surface area contributed by atoms with E-state index >= 15 is 0 Å². The van der Waals surface area contributed by atoms with Crippen molar-refractivity contribution in [2.45, 2.75) is 75.0 Å². The van der Waals surface area contributed by atoms with E-state index in [-0.39, 0.29) is 23.6 Å². The van der Waals surface area contributed by atoms with Gasteiger partial charge in [0.05, 0.1) is 28.5 Å². The standard InChI is InChI=1S/C21H27ClFNO8S/c1-3-15(25)18-19(16(26)4-2)32-21(31-18)8-7-17(12(10-21)20(27)28)33(29,30)24-14-6-5-11(23)9-13(14)22/h5-6,9-10,15-19,24-26H,3-4,7-8H2,1-2H3,(H,27,28)/t15-,16-,17?,18-,19-/m1/s1. The number of halogens is 2. The second kappa shape index (κ2) is 9.85. The van der Waals surface area contributed by atoms with Crippen LogP contribution in [0.3, 0.4) is 0 Å². The Bertz CT molecular complexity index is 1020. The third-order valence-corrected chi connectivity index (χ3v) is 7.93. The number of rotatable bonds is 8. The molecule has 9 nitrogen and oxygen atoms in total. The third-order valence-electron chi connectivity index (χ3n) is 5.87. The van der Waals surface area contributed by atoms with Crippen molar-refractivity contribution in [3.05, 3.63) is 40.7 Å². The fourth-order valence-corrected chi connectivity index (χ4v) is 5.90. The molecule has 2 aliphatic rings. The topological polar surface area (TPSA) is 142 Å². The van der Waals surface area contributed by atoms with Gasteiger partial charge in [-0.05, 0) is 43.5 Å². The fraction of sp³-hybridized carbons (Fsp3) is 0.571. The van der Waals surface area contributed by atoms with Gasteiger partial charge in [-0.15, -0.1) is 0 Å². The van der Waals surface area contributed by atoms with Gasteiger partial charge in [0.25, 0.3) is 0 Å². The number of nitrogens with one attached hydrogen (secondary N) is 1. The number of anilines is 1. The predicted molar refractivity (Wildman–Crippen MR) is 118 cm³/mol. The van der Waals surface area contributed by atoms with Gasteiger partial charge >= 0.3 is 5.97 Å². The summed E-state index contributed by atoms with van der Waals surface area (Å²) in [6.45, 7) is 3.45. The zero-order valence-corrected chi connectivity index (χ0v) is 19.6. The van der Waals surface area contributed by atoms with E-state index in [9.17, 15) is 32.9 Å². The van der Waals surface area contributed by atoms with Gasteiger partial charge in [-0.1, -0.05) is 25.4 Å². The maximum atomic E-state index is 13.3. The maximum absolute atomic E-state index is 13.3. The van der Waals surface area contributed by atoms with Crippen molar-refractivity contribution in [2.75, 3.05) is 4.72 Å². The number of aliphatic hydroxyl groups excluding tert-OH is 2. The zero-order chi connectivity index (χ0) is 24.6. The first-order valence-corrected chi connectivity index (χ1v) is 12.5. The molecule has 0 bridgehead atoms. The Kier molecular flexibility index (Phi) is 7.72. The number of hydrogen-bond acceptors (Lipinski definition) is 7. The molecule has 5 atom stereocenters. The molecule has 1 aromatic carbocycles. The SMILES string of the molecule is CC[C@@H](O)[C@H]1OC2(C=C(C(=O)O)C(S(=O)(=O)Nc3ccc(F)cc3Cl)CC2)O[C@@H]1[C@H](O)CC. The number of benzene rings is 1. The van der Waals surface area contributed by atoms with Crippen LogP contribution in [-0.2, 0) is 24.3 Å². The van der Waals surface area contributed by atoms with E-state index in [4.69, 9.17) is 21.1 Å². The van der Waals surface area contributed by atoms with Crippen LogP contribution in [0.25, 0.3) is 0 Å². The Balaban J connectivity index is 1.93. The minimum atomic E-state index is -4.30. The molecule has 1 saturated heterocycles. The number of ether oxygens (including phenoxy) is 2. The van der Waals surface area contributed by atoms with Gasteiger partial charge < -0.3 is 24.8 Å². The summed E-state index contributed by atoms with van der Waals surface area (Å²) in [5.41, 5.74) is -0.572. The highest BCUT2D eigenvalue weighted by molar-refractivity contribution is 7.93. The molecule has 0 radical (unpaired) electrons. The number of carboxylic acid groups (broad SMARTS) is 1. The smallest absolute Gasteiger partial charge is 0.332 e. The summed E-state index contributed by atoms with van der Waals surface area (Å²) in [5, 5.41) is 28.8. The first kappa shape index (κ1) is 25.9. The molecule has 1 aromatic rings. The largest absolute Gasteiger partial charge is 0.478 e. The second-order valence-corrected chi connectivity index (χ2v) is 10.4. The second-order valence-electron chi connectivity index (χ2n) is 8.13. The Labute approximate surface area is 196 Å². The van der Waals surface area contributed by atoms with Crippen molar-refractivity contribution in [2.24, 2.45) is 0 Å². The van der Waals surface area contributed by atoms with E-state index in [1.165, 1.54) is 0 Å². The molecule has 4 N–H and O–H groups in total. The fourth-order valence-electron chi connectivity index (χ4n) is 4.08. The van der Waals surface area contributed by atoms with Crippen molar-refractivity contribution in [1.82, 2.24) is 0 Å². The number of hydrogen-bond donors (Lipinski definition) is 4. The van der Waals surface area contributed by atoms with Gasteiger partial charge in [0.15, 0.2) is 5.79 Å². The number of carbonyl (C=O) groups is 1. The van der Waals surface area contributed by atoms with Crippen LogP contribution >= 0.6 is 11.6 Å². The molecule has 12 heteroatoms. The lowest BCUT2D eigenvalue weighted by Gasteiger charge is -2.33. The summed E-state index contributed by atoms with van der Waals surface area (Å²) in [6.07, 6.45) is -2.28. The quantitative estimate of drug-likeness (QED) is 0.420. The van der Waals surface area contributed by atoms with Crippen molar-refractivity contribution in [1.29, 1.82) is 0 Å². The van der Waals surface area contributed by atoms with Crippen LogP contribution in [0.1, 0.15) is 39.5 Å². The van der Waals surface area contributed by atoms with Crippen molar-refractivity contribution < 1.29 is 42.4 Å². The Morgan fingerprint density at radius 1 is 1.24 bits per heavy atom. The number of sulfonamides is 1. The minimum absolute atomic E-state index is 0.0353. The van der Waals surface area contributed by atoms with Crippen molar-refractivity contribution >= 4 is 33.3 Å². The summed E-state index contributed by atoms with van der Waals surface area (Å²) in [6, 6.07) is 3.09. The summed E-state index contributed by atoms with van der Waals surface area (Å²) in [4.78, 5) is 12.0. The predicted octanol–water partition coefficient (Wildman–Crippen LogP) is 2.42. The van der Waals surface area contributed by atoms with E-state index < -0.39 is 62.8 Å². The van der Waals surface area contributed by atoms with Gasteiger partial charge in [0, 0.05) is 6.42 Å². The van der Waals surface area contributed by atoms with Gasteiger partial charge in [-0.2, -0.15) is 0 Å². The molecular weight excluding hydrogens is 481 g/mol. The molecule has 3 rings (SSSR count). The van der Waals surface area contributed by atoms with Crippen LogP contribution in [0.5, 0.6) is 0 Å². The summed E-state index contributed by atoms with van der Waals surface area (Å²) < 4.78 is 53.4. The van der Waals surface area contributed by atoms with E-state index in [1.54, 1.807) is 13.8 Å². The molecule has 1 aliphatic heterocycles. The number of aliphatic carboxylic acids is 1. The van der Waals surface area contributed by atoms with Crippen LogP contribution in [0, 0.1) is 5.82 Å². The first-order valence-electron chi connectivity index (χ1n) is 10.6. The number of carboxylic acids is 1.